The fourth-order valence-corrected chi connectivity index (χ4v) is 7.80. The van der Waals surface area contributed by atoms with Crippen LogP contribution in [0.3, 0.4) is 0 Å². The number of benzene rings is 4. The molecule has 2 fully saturated rings. The second-order valence-corrected chi connectivity index (χ2v) is 13.4. The maximum atomic E-state index is 6.07. The summed E-state index contributed by atoms with van der Waals surface area (Å²) in [7, 11) is 0. The van der Waals surface area contributed by atoms with Crippen molar-refractivity contribution in [3.63, 3.8) is 0 Å². The summed E-state index contributed by atoms with van der Waals surface area (Å²) in [5, 5.41) is 0. The van der Waals surface area contributed by atoms with Gasteiger partial charge in [-0.3, -0.25) is 4.98 Å². The minimum absolute atomic E-state index is 0. The van der Waals surface area contributed by atoms with Gasteiger partial charge in [0.15, 0.2) is 0 Å². The van der Waals surface area contributed by atoms with Gasteiger partial charge in [0.05, 0.1) is 12.0 Å². The summed E-state index contributed by atoms with van der Waals surface area (Å²) in [6.07, 6.45) is 17.3. The maximum Gasteiger partial charge on any atom is 2.00 e. The number of rotatable bonds is 9. The number of hydrogen-bond donors (Lipinski definition) is 0. The summed E-state index contributed by atoms with van der Waals surface area (Å²) in [6, 6.07) is 43.9. The Balaban J connectivity index is 0.00000392. The minimum atomic E-state index is 0. The van der Waals surface area contributed by atoms with E-state index >= 15 is 0 Å². The molecule has 0 aliphatic heterocycles. The molecule has 2 aliphatic carbocycles. The van der Waals surface area contributed by atoms with Gasteiger partial charge in [-0.2, -0.15) is 23.2 Å². The maximum absolute atomic E-state index is 6.07. The SMILES string of the molecule is [Pt+2].[c-]1ccccc1Oc1cccc(N(c2[c-]c(-c3cn(-c4c(C5CCCCC5)cccc4C4CCCCC4)cn3)ccc2)c2ccccc2)n1. The molecule has 0 bridgehead atoms. The number of pyridine rings is 1. The van der Waals surface area contributed by atoms with E-state index in [0.717, 1.165) is 28.5 Å². The standard InChI is InChI=1S/C44H42N4O.Pt/c1-5-16-33(17-6-1)39-26-14-27-40(34-18-7-2-8-19-34)44(39)47-31-41(45-32-47)35-20-13-23-37(30-35)48(36-21-9-3-10-22-36)42-28-15-29-43(46-42)49-38-24-11-4-12-25-38;/h3-4,9-15,20-24,26-29,31-34H,1-2,5-8,16-19H2;/q-2;+2. The molecule has 0 amide bonds. The number of para-hydroxylation sites is 3. The molecule has 0 spiro atoms. The van der Waals surface area contributed by atoms with Crippen molar-refractivity contribution in [1.29, 1.82) is 0 Å². The fourth-order valence-electron chi connectivity index (χ4n) is 7.80. The molecule has 50 heavy (non-hydrogen) atoms. The first-order chi connectivity index (χ1) is 24.3. The zero-order valence-corrected chi connectivity index (χ0v) is 30.6. The molecular formula is C44H42N4OPt. The van der Waals surface area contributed by atoms with Crippen LogP contribution in [-0.4, -0.2) is 14.5 Å². The Morgan fingerprint density at radius 3 is 2.06 bits per heavy atom. The summed E-state index contributed by atoms with van der Waals surface area (Å²) < 4.78 is 8.39. The van der Waals surface area contributed by atoms with Crippen molar-refractivity contribution in [3.8, 4) is 28.6 Å². The van der Waals surface area contributed by atoms with Crippen LogP contribution in [0.4, 0.5) is 17.2 Å². The van der Waals surface area contributed by atoms with E-state index in [1.54, 1.807) is 0 Å². The number of nitrogens with zero attached hydrogens (tertiary/aromatic N) is 4. The molecule has 2 aromatic heterocycles. The van der Waals surface area contributed by atoms with Crippen LogP contribution in [-0.2, 0) is 21.1 Å². The molecule has 0 unspecified atom stereocenters. The molecule has 4 aromatic carbocycles. The van der Waals surface area contributed by atoms with Gasteiger partial charge < -0.3 is 14.2 Å². The minimum Gasteiger partial charge on any atom is -0.466 e. The average molecular weight is 838 g/mol. The molecule has 6 aromatic rings. The molecule has 2 aliphatic rings. The first-order valence-electron chi connectivity index (χ1n) is 18.0. The van der Waals surface area contributed by atoms with E-state index in [9.17, 15) is 0 Å². The van der Waals surface area contributed by atoms with E-state index in [1.807, 2.05) is 67.0 Å². The van der Waals surface area contributed by atoms with Crippen LogP contribution in [0.1, 0.15) is 87.2 Å². The Kier molecular flexibility index (Phi) is 10.9. The molecule has 0 N–H and O–H groups in total. The normalized spacial score (nSPS) is 15.3. The molecule has 254 valence electrons. The Hall–Kier alpha value is -4.47. The molecule has 0 radical (unpaired) electrons. The Labute approximate surface area is 310 Å². The first kappa shape index (κ1) is 34.0. The second kappa shape index (κ2) is 16.0. The molecular weight excluding hydrogens is 796 g/mol. The van der Waals surface area contributed by atoms with Crippen molar-refractivity contribution < 1.29 is 25.8 Å². The third-order valence-corrected chi connectivity index (χ3v) is 10.2. The van der Waals surface area contributed by atoms with Gasteiger partial charge in [0.2, 0.25) is 5.88 Å². The fraction of sp³-hybridized carbons (Fsp3) is 0.273. The van der Waals surface area contributed by atoms with Crippen LogP contribution < -0.4 is 9.64 Å². The summed E-state index contributed by atoms with van der Waals surface area (Å²) in [5.74, 6) is 3.08. The summed E-state index contributed by atoms with van der Waals surface area (Å²) in [6.45, 7) is 0. The number of aromatic nitrogens is 3. The van der Waals surface area contributed by atoms with Crippen molar-refractivity contribution in [2.45, 2.75) is 76.0 Å². The molecule has 0 saturated heterocycles. The smallest absolute Gasteiger partial charge is 0.466 e. The van der Waals surface area contributed by atoms with E-state index in [1.165, 1.54) is 81.0 Å². The van der Waals surface area contributed by atoms with Crippen LogP contribution in [0.2, 0.25) is 0 Å². The van der Waals surface area contributed by atoms with E-state index < -0.39 is 0 Å². The quantitative estimate of drug-likeness (QED) is 0.136. The van der Waals surface area contributed by atoms with Crippen LogP contribution >= 0.6 is 0 Å². The monoisotopic (exact) mass is 837 g/mol. The Bertz CT molecular complexity index is 1940. The number of anilines is 3. The molecule has 2 heterocycles. The summed E-state index contributed by atoms with van der Waals surface area (Å²) in [5.41, 5.74) is 8.08. The predicted molar refractivity (Wildman–Crippen MR) is 197 cm³/mol. The van der Waals surface area contributed by atoms with Crippen molar-refractivity contribution in [1.82, 2.24) is 14.5 Å². The van der Waals surface area contributed by atoms with E-state index in [2.05, 4.69) is 76.3 Å². The summed E-state index contributed by atoms with van der Waals surface area (Å²) >= 11 is 0. The topological polar surface area (TPSA) is 43.2 Å². The second-order valence-electron chi connectivity index (χ2n) is 13.4. The van der Waals surface area contributed by atoms with Gasteiger partial charge in [0, 0.05) is 23.2 Å². The van der Waals surface area contributed by atoms with Gasteiger partial charge in [-0.05, 0) is 78.7 Å². The predicted octanol–water partition coefficient (Wildman–Crippen LogP) is 11.9. The van der Waals surface area contributed by atoms with Crippen molar-refractivity contribution in [2.24, 2.45) is 0 Å². The molecule has 5 nitrogen and oxygen atoms in total. The number of imidazole rings is 1. The van der Waals surface area contributed by atoms with Gasteiger partial charge in [-0.1, -0.05) is 81.0 Å². The molecule has 2 saturated carbocycles. The van der Waals surface area contributed by atoms with Crippen molar-refractivity contribution in [2.75, 3.05) is 4.90 Å². The summed E-state index contributed by atoms with van der Waals surface area (Å²) in [4.78, 5) is 12.0. The third kappa shape index (κ3) is 7.49. The van der Waals surface area contributed by atoms with Crippen molar-refractivity contribution in [3.05, 3.63) is 145 Å². The van der Waals surface area contributed by atoms with Gasteiger partial charge >= 0.3 is 21.1 Å². The number of ether oxygens (including phenoxy) is 1. The van der Waals surface area contributed by atoms with Gasteiger partial charge in [-0.25, -0.2) is 0 Å². The van der Waals surface area contributed by atoms with Gasteiger partial charge in [0.25, 0.3) is 0 Å². The zero-order chi connectivity index (χ0) is 32.8. The average Bonchev–Trinajstić information content (AvgIpc) is 3.67. The molecule has 6 heteroatoms. The molecule has 0 atom stereocenters. The van der Waals surface area contributed by atoms with Crippen LogP contribution in [0.25, 0.3) is 16.9 Å². The van der Waals surface area contributed by atoms with Gasteiger partial charge in [0.1, 0.15) is 5.82 Å². The zero-order valence-electron chi connectivity index (χ0n) is 28.3. The van der Waals surface area contributed by atoms with Gasteiger partial charge in [-0.15, -0.1) is 42.0 Å². The van der Waals surface area contributed by atoms with E-state index in [-0.39, 0.29) is 21.1 Å². The van der Waals surface area contributed by atoms with Crippen LogP contribution in [0.5, 0.6) is 11.6 Å². The van der Waals surface area contributed by atoms with E-state index in [0.29, 0.717) is 23.5 Å². The Morgan fingerprint density at radius 2 is 1.36 bits per heavy atom. The Morgan fingerprint density at radius 1 is 0.680 bits per heavy atom. The van der Waals surface area contributed by atoms with Crippen LogP contribution in [0, 0.1) is 12.1 Å². The third-order valence-electron chi connectivity index (χ3n) is 10.2. The molecule has 8 rings (SSSR count). The van der Waals surface area contributed by atoms with Crippen molar-refractivity contribution >= 4 is 17.2 Å². The van der Waals surface area contributed by atoms with E-state index in [4.69, 9.17) is 14.7 Å². The number of hydrogen-bond acceptors (Lipinski definition) is 4. The largest absolute Gasteiger partial charge is 2.00 e. The van der Waals surface area contributed by atoms with Crippen LogP contribution in [0.15, 0.2) is 122 Å². The first-order valence-corrected chi connectivity index (χ1v) is 18.0.